The second kappa shape index (κ2) is 15.0. The van der Waals surface area contributed by atoms with Crippen molar-refractivity contribution in [3.63, 3.8) is 0 Å². The van der Waals surface area contributed by atoms with Gasteiger partial charge in [0, 0.05) is 31.4 Å². The summed E-state index contributed by atoms with van der Waals surface area (Å²) in [5, 5.41) is 32.9. The Kier molecular flexibility index (Phi) is 12.1. The smallest absolute Gasteiger partial charge is 0.330 e. The quantitative estimate of drug-likeness (QED) is 0.0518. The van der Waals surface area contributed by atoms with E-state index in [-0.39, 0.29) is 55.3 Å². The van der Waals surface area contributed by atoms with Crippen LogP contribution in [0.3, 0.4) is 0 Å². The zero-order chi connectivity index (χ0) is 29.1. The molecular formula is C27H40N4O8. The number of phenols is 2. The van der Waals surface area contributed by atoms with Crippen molar-refractivity contribution in [1.29, 1.82) is 0 Å². The Bertz CT molecular complexity index is 1050. The molecule has 12 heteroatoms. The van der Waals surface area contributed by atoms with E-state index in [1.165, 1.54) is 37.3 Å². The summed E-state index contributed by atoms with van der Waals surface area (Å²) in [6.07, 6.45) is 3.34. The normalized spacial score (nSPS) is 21.5. The number of nitrogens with two attached hydrogens (primary N) is 2. The van der Waals surface area contributed by atoms with Crippen LogP contribution < -0.4 is 16.8 Å². The minimum absolute atomic E-state index is 0.0109. The Morgan fingerprint density at radius 2 is 1.79 bits per heavy atom. The molecule has 1 saturated carbocycles. The Morgan fingerprint density at radius 1 is 1.13 bits per heavy atom. The lowest BCUT2D eigenvalue weighted by Gasteiger charge is -2.35. The van der Waals surface area contributed by atoms with Crippen LogP contribution in [-0.2, 0) is 23.9 Å². The second-order valence-corrected chi connectivity index (χ2v) is 9.60. The van der Waals surface area contributed by atoms with Gasteiger partial charge in [-0.1, -0.05) is 32.8 Å². The van der Waals surface area contributed by atoms with E-state index in [1.807, 2.05) is 13.8 Å². The van der Waals surface area contributed by atoms with Crippen LogP contribution in [0.1, 0.15) is 52.0 Å². The molecule has 0 spiro atoms. The summed E-state index contributed by atoms with van der Waals surface area (Å²) in [5.41, 5.74) is 11.7. The molecule has 1 fully saturated rings. The molecule has 39 heavy (non-hydrogen) atoms. The van der Waals surface area contributed by atoms with Gasteiger partial charge < -0.3 is 41.6 Å². The van der Waals surface area contributed by atoms with Crippen molar-refractivity contribution in [1.82, 2.24) is 5.32 Å². The number of aliphatic imine (C=N–C) groups is 1. The van der Waals surface area contributed by atoms with Gasteiger partial charge >= 0.3 is 11.9 Å². The third-order valence-corrected chi connectivity index (χ3v) is 6.89. The molecule has 5 atom stereocenters. The maximum atomic E-state index is 12.9. The van der Waals surface area contributed by atoms with Crippen molar-refractivity contribution in [2.24, 2.45) is 34.2 Å². The summed E-state index contributed by atoms with van der Waals surface area (Å²) in [4.78, 5) is 41.0. The van der Waals surface area contributed by atoms with Gasteiger partial charge in [0.05, 0.1) is 31.3 Å². The number of ether oxygens (including phenoxy) is 2. The monoisotopic (exact) mass is 548 g/mol. The van der Waals surface area contributed by atoms with E-state index in [0.717, 1.165) is 12.8 Å². The van der Waals surface area contributed by atoms with E-state index >= 15 is 0 Å². The van der Waals surface area contributed by atoms with Crippen LogP contribution in [0.4, 0.5) is 0 Å². The molecule has 0 bridgehead atoms. The Balaban J connectivity index is 1.93. The molecule has 0 aliphatic heterocycles. The number of aliphatic hydroxyl groups is 1. The van der Waals surface area contributed by atoms with Gasteiger partial charge in [-0.15, -0.1) is 0 Å². The summed E-state index contributed by atoms with van der Waals surface area (Å²) in [6.45, 7) is 5.34. The van der Waals surface area contributed by atoms with Gasteiger partial charge in [-0.25, -0.2) is 9.79 Å². The average Bonchev–Trinajstić information content (AvgIpc) is 3.18. The summed E-state index contributed by atoms with van der Waals surface area (Å²) >= 11 is 0. The Hall–Kier alpha value is -3.80. The van der Waals surface area contributed by atoms with Gasteiger partial charge in [0.2, 0.25) is 5.91 Å². The Labute approximate surface area is 228 Å². The number of carbonyl (C=O) groups excluding carboxylic acids is 3. The van der Waals surface area contributed by atoms with Crippen molar-refractivity contribution in [3.8, 4) is 11.5 Å². The number of nitrogens with zero attached hydrogens (tertiary/aromatic N) is 1. The van der Waals surface area contributed by atoms with E-state index in [4.69, 9.17) is 20.9 Å². The predicted octanol–water partition coefficient (Wildman–Crippen LogP) is 1.17. The first-order chi connectivity index (χ1) is 18.5. The van der Waals surface area contributed by atoms with Crippen molar-refractivity contribution in [3.05, 3.63) is 29.8 Å². The fraction of sp³-hybridized carbons (Fsp3) is 0.556. The van der Waals surface area contributed by atoms with Crippen LogP contribution in [-0.4, -0.2) is 70.5 Å². The minimum Gasteiger partial charge on any atom is -0.504 e. The minimum atomic E-state index is -1.13. The SMILES string of the molecule is CCC(CC)[C@H](NC(C)=O)[C@@H]1[C@H](O)C(C(=O)OCCCOC(=O)/C=C/c2ccc(O)c(O)c2)C[C@H]1N=C(N)N. The van der Waals surface area contributed by atoms with Crippen LogP contribution in [0.25, 0.3) is 6.08 Å². The molecule has 1 amide bonds. The van der Waals surface area contributed by atoms with Crippen LogP contribution in [0.5, 0.6) is 11.5 Å². The molecule has 12 nitrogen and oxygen atoms in total. The number of hydrogen-bond donors (Lipinski definition) is 6. The third-order valence-electron chi connectivity index (χ3n) is 6.89. The fourth-order valence-corrected chi connectivity index (χ4v) is 5.00. The number of aromatic hydroxyl groups is 2. The molecule has 1 aromatic carbocycles. The first-order valence-corrected chi connectivity index (χ1v) is 13.1. The van der Waals surface area contributed by atoms with Crippen LogP contribution in [0.2, 0.25) is 0 Å². The van der Waals surface area contributed by atoms with E-state index in [1.54, 1.807) is 0 Å². The molecule has 0 saturated heterocycles. The van der Waals surface area contributed by atoms with Gasteiger partial charge in [-0.2, -0.15) is 0 Å². The molecule has 1 unspecified atom stereocenters. The molecule has 1 aliphatic carbocycles. The zero-order valence-corrected chi connectivity index (χ0v) is 22.6. The molecule has 0 radical (unpaired) electrons. The molecule has 0 heterocycles. The lowest BCUT2D eigenvalue weighted by atomic mass is 9.80. The van der Waals surface area contributed by atoms with Gasteiger partial charge in [0.25, 0.3) is 0 Å². The molecule has 216 valence electrons. The topological polar surface area (TPSA) is 207 Å². The second-order valence-electron chi connectivity index (χ2n) is 9.60. The first-order valence-electron chi connectivity index (χ1n) is 13.1. The van der Waals surface area contributed by atoms with E-state index in [0.29, 0.717) is 5.56 Å². The van der Waals surface area contributed by atoms with Gasteiger partial charge in [0.15, 0.2) is 17.5 Å². The number of nitrogens with one attached hydrogen (secondary N) is 1. The molecule has 2 rings (SSSR count). The summed E-state index contributed by atoms with van der Waals surface area (Å²) < 4.78 is 10.4. The van der Waals surface area contributed by atoms with Gasteiger partial charge in [0.1, 0.15) is 0 Å². The lowest BCUT2D eigenvalue weighted by molar-refractivity contribution is -0.152. The highest BCUT2D eigenvalue weighted by atomic mass is 16.5. The van der Waals surface area contributed by atoms with Gasteiger partial charge in [-0.3, -0.25) is 9.59 Å². The molecule has 1 aliphatic rings. The highest BCUT2D eigenvalue weighted by Gasteiger charge is 2.51. The molecule has 8 N–H and O–H groups in total. The largest absolute Gasteiger partial charge is 0.504 e. The maximum absolute atomic E-state index is 12.9. The van der Waals surface area contributed by atoms with E-state index in [2.05, 4.69) is 10.3 Å². The van der Waals surface area contributed by atoms with E-state index < -0.39 is 42.0 Å². The number of carbonyl (C=O) groups is 3. The average molecular weight is 549 g/mol. The standard InChI is InChI=1S/C27H40N4O8/c1-4-17(5-2)24(30-15(3)32)23-19(31-27(28)29)14-18(25(23)36)26(37)39-12-6-11-38-22(35)10-8-16-7-9-20(33)21(34)13-16/h7-10,13,17-19,23-25,33-34,36H,4-6,11-12,14H2,1-3H3,(H,30,32)(H4,28,29,31)/b10-8+/t18?,19-,23-,24+,25-/m1/s1. The number of hydrogen-bond acceptors (Lipinski definition) is 9. The first kappa shape index (κ1) is 31.4. The van der Waals surface area contributed by atoms with Crippen LogP contribution in [0.15, 0.2) is 29.3 Å². The summed E-state index contributed by atoms with van der Waals surface area (Å²) in [7, 11) is 0. The zero-order valence-electron chi connectivity index (χ0n) is 22.6. The summed E-state index contributed by atoms with van der Waals surface area (Å²) in [6, 6.07) is 3.09. The Morgan fingerprint density at radius 3 is 2.38 bits per heavy atom. The van der Waals surface area contributed by atoms with Crippen molar-refractivity contribution in [2.75, 3.05) is 13.2 Å². The van der Waals surface area contributed by atoms with Crippen molar-refractivity contribution >= 4 is 29.9 Å². The third kappa shape index (κ3) is 9.17. The number of amides is 1. The highest BCUT2D eigenvalue weighted by molar-refractivity contribution is 5.87. The predicted molar refractivity (Wildman–Crippen MR) is 144 cm³/mol. The number of esters is 2. The van der Waals surface area contributed by atoms with Crippen molar-refractivity contribution in [2.45, 2.75) is 64.6 Å². The number of phenolic OH excluding ortho intramolecular Hbond substituents is 2. The highest BCUT2D eigenvalue weighted by Crippen LogP contribution is 2.40. The molecule has 0 aromatic heterocycles. The fourth-order valence-electron chi connectivity index (χ4n) is 5.00. The van der Waals surface area contributed by atoms with E-state index in [9.17, 15) is 29.7 Å². The van der Waals surface area contributed by atoms with Gasteiger partial charge in [-0.05, 0) is 36.1 Å². The molecule has 1 aromatic rings. The lowest BCUT2D eigenvalue weighted by Crippen LogP contribution is -2.51. The number of benzene rings is 1. The molecular weight excluding hydrogens is 508 g/mol. The summed E-state index contributed by atoms with van der Waals surface area (Å²) in [5.74, 6) is -3.67. The number of aliphatic hydroxyl groups excluding tert-OH is 1. The van der Waals surface area contributed by atoms with Crippen molar-refractivity contribution < 1.29 is 39.2 Å². The number of rotatable bonds is 13. The maximum Gasteiger partial charge on any atom is 0.330 e. The number of guanidine groups is 1. The van der Waals surface area contributed by atoms with Crippen LogP contribution >= 0.6 is 0 Å². The van der Waals surface area contributed by atoms with Crippen LogP contribution in [0, 0.1) is 17.8 Å².